The van der Waals surface area contributed by atoms with Gasteiger partial charge >= 0.3 is 0 Å². The molecule has 0 atom stereocenters. The summed E-state index contributed by atoms with van der Waals surface area (Å²) >= 11 is 6.37. The number of nitrogens with one attached hydrogen (secondary N) is 2. The molecule has 6 nitrogen and oxygen atoms in total. The lowest BCUT2D eigenvalue weighted by atomic mass is 9.81. The molecule has 0 radical (unpaired) electrons. The molecule has 2 N–H and O–H groups in total. The number of anilines is 4. The van der Waals surface area contributed by atoms with Crippen molar-refractivity contribution in [1.82, 2.24) is 15.3 Å². The number of para-hydroxylation sites is 1. The highest BCUT2D eigenvalue weighted by Crippen LogP contribution is 2.42. The summed E-state index contributed by atoms with van der Waals surface area (Å²) in [6.07, 6.45) is 4.14. The number of ether oxygens (including phenoxy) is 1. The van der Waals surface area contributed by atoms with Crippen molar-refractivity contribution in [1.29, 1.82) is 0 Å². The van der Waals surface area contributed by atoms with Gasteiger partial charge < -0.3 is 20.3 Å². The first-order valence-corrected chi connectivity index (χ1v) is 14.5. The Morgan fingerprint density at radius 1 is 0.976 bits per heavy atom. The molecular formula is C33H34ClF2N5O. The van der Waals surface area contributed by atoms with Gasteiger partial charge in [0.25, 0.3) is 0 Å². The molecule has 1 aromatic heterocycles. The molecule has 0 amide bonds. The summed E-state index contributed by atoms with van der Waals surface area (Å²) in [5.74, 6) is -0.102. The van der Waals surface area contributed by atoms with E-state index in [0.717, 1.165) is 29.8 Å². The molecule has 2 aliphatic rings. The fraction of sp³-hybridized carbons (Fsp3) is 0.333. The topological polar surface area (TPSA) is 62.3 Å². The SMILES string of the molecule is CC1(C)CC(Oc2cccc(Nc3ncc4c(n3)-c3ccc(Cl)cc3N(c3c(F)cccc3F)CC4)c2)CC(C)(C)N1. The van der Waals surface area contributed by atoms with E-state index in [1.807, 2.05) is 30.3 Å². The smallest absolute Gasteiger partial charge is 0.227 e. The Morgan fingerprint density at radius 3 is 2.43 bits per heavy atom. The third-order valence-electron chi connectivity index (χ3n) is 7.73. The second kappa shape index (κ2) is 10.8. The molecule has 0 saturated carbocycles. The largest absolute Gasteiger partial charge is 0.490 e. The van der Waals surface area contributed by atoms with E-state index in [1.54, 1.807) is 23.2 Å². The first-order valence-electron chi connectivity index (χ1n) is 14.2. The van der Waals surface area contributed by atoms with E-state index in [4.69, 9.17) is 21.3 Å². The van der Waals surface area contributed by atoms with Crippen LogP contribution in [-0.2, 0) is 6.42 Å². The van der Waals surface area contributed by atoms with Crippen LogP contribution in [0.1, 0.15) is 46.1 Å². The zero-order valence-electron chi connectivity index (χ0n) is 24.1. The monoisotopic (exact) mass is 589 g/mol. The summed E-state index contributed by atoms with van der Waals surface area (Å²) in [6.45, 7) is 9.15. The van der Waals surface area contributed by atoms with Crippen LogP contribution in [0.25, 0.3) is 11.3 Å². The van der Waals surface area contributed by atoms with E-state index in [2.05, 4.69) is 43.3 Å². The van der Waals surface area contributed by atoms with E-state index >= 15 is 0 Å². The summed E-state index contributed by atoms with van der Waals surface area (Å²) < 4.78 is 36.2. The van der Waals surface area contributed by atoms with Crippen LogP contribution in [0.3, 0.4) is 0 Å². The van der Waals surface area contributed by atoms with Crippen LogP contribution in [0.5, 0.6) is 5.75 Å². The number of rotatable bonds is 5. The molecule has 0 spiro atoms. The highest BCUT2D eigenvalue weighted by atomic mass is 35.5. The van der Waals surface area contributed by atoms with Crippen LogP contribution in [0.4, 0.5) is 31.8 Å². The van der Waals surface area contributed by atoms with Crippen molar-refractivity contribution in [3.63, 3.8) is 0 Å². The summed E-state index contributed by atoms with van der Waals surface area (Å²) in [5, 5.41) is 7.47. The van der Waals surface area contributed by atoms with Crippen molar-refractivity contribution in [2.75, 3.05) is 16.8 Å². The third-order valence-corrected chi connectivity index (χ3v) is 7.96. The van der Waals surface area contributed by atoms with Gasteiger partial charge in [-0.3, -0.25) is 0 Å². The van der Waals surface area contributed by atoms with Crippen LogP contribution in [0.15, 0.2) is 66.9 Å². The van der Waals surface area contributed by atoms with E-state index in [-0.39, 0.29) is 22.9 Å². The molecule has 42 heavy (non-hydrogen) atoms. The Labute approximate surface area is 250 Å². The average molecular weight is 590 g/mol. The van der Waals surface area contributed by atoms with Gasteiger partial charge in [0.2, 0.25) is 5.95 Å². The maximum atomic E-state index is 14.9. The summed E-state index contributed by atoms with van der Waals surface area (Å²) in [7, 11) is 0. The van der Waals surface area contributed by atoms with Gasteiger partial charge in [-0.05, 0) is 82.1 Å². The third kappa shape index (κ3) is 5.92. The molecule has 0 bridgehead atoms. The van der Waals surface area contributed by atoms with Gasteiger partial charge in [0.15, 0.2) is 0 Å². The fourth-order valence-corrected chi connectivity index (χ4v) is 6.59. The lowest BCUT2D eigenvalue weighted by molar-refractivity contribution is 0.0559. The maximum Gasteiger partial charge on any atom is 0.227 e. The van der Waals surface area contributed by atoms with Gasteiger partial charge in [0.1, 0.15) is 29.2 Å². The quantitative estimate of drug-likeness (QED) is 0.245. The molecule has 9 heteroatoms. The zero-order chi connectivity index (χ0) is 29.6. The highest BCUT2D eigenvalue weighted by Gasteiger charge is 2.38. The second-order valence-electron chi connectivity index (χ2n) is 12.4. The highest BCUT2D eigenvalue weighted by molar-refractivity contribution is 6.31. The molecule has 0 aliphatic carbocycles. The van der Waals surface area contributed by atoms with Crippen molar-refractivity contribution < 1.29 is 13.5 Å². The lowest BCUT2D eigenvalue weighted by Gasteiger charge is -2.46. The molecule has 1 fully saturated rings. The number of hydrogen-bond donors (Lipinski definition) is 2. The number of benzene rings is 3. The first kappa shape index (κ1) is 28.4. The van der Waals surface area contributed by atoms with Crippen LogP contribution in [0.2, 0.25) is 5.02 Å². The molecule has 4 aromatic rings. The Bertz CT molecular complexity index is 1610. The maximum absolute atomic E-state index is 14.9. The fourth-order valence-electron chi connectivity index (χ4n) is 6.42. The molecule has 3 aromatic carbocycles. The van der Waals surface area contributed by atoms with Crippen LogP contribution in [-0.4, -0.2) is 33.7 Å². The molecule has 0 unspecified atom stereocenters. The molecule has 3 heterocycles. The summed E-state index contributed by atoms with van der Waals surface area (Å²) in [5.41, 5.74) is 3.49. The minimum atomic E-state index is -0.640. The second-order valence-corrected chi connectivity index (χ2v) is 12.8. The summed E-state index contributed by atoms with van der Waals surface area (Å²) in [6, 6.07) is 17.0. The van der Waals surface area contributed by atoms with Crippen molar-refractivity contribution in [3.8, 4) is 17.0 Å². The predicted molar refractivity (Wildman–Crippen MR) is 164 cm³/mol. The van der Waals surface area contributed by atoms with E-state index in [9.17, 15) is 8.78 Å². The van der Waals surface area contributed by atoms with E-state index in [1.165, 1.54) is 18.2 Å². The van der Waals surface area contributed by atoms with Gasteiger partial charge in [0, 0.05) is 59.0 Å². The summed E-state index contributed by atoms with van der Waals surface area (Å²) in [4.78, 5) is 11.1. The Balaban J connectivity index is 1.29. The normalized spacial score (nSPS) is 17.6. The molecule has 1 saturated heterocycles. The first-order chi connectivity index (χ1) is 20.0. The Morgan fingerprint density at radius 2 is 1.69 bits per heavy atom. The molecule has 218 valence electrons. The standard InChI is InChI=1S/C33H34ClF2N5O/c1-32(2)17-24(18-33(3,4)40-32)42-23-8-5-7-22(16-23)38-31-37-19-20-13-14-41(30-26(35)9-6-10-27(30)36)28-15-21(34)11-12-25(28)29(20)39-31/h5-12,15-16,19,24,40H,13-14,17-18H2,1-4H3,(H,37,38,39). The number of halogens is 3. The molecular weight excluding hydrogens is 556 g/mol. The van der Waals surface area contributed by atoms with Gasteiger partial charge in [-0.2, -0.15) is 0 Å². The Kier molecular flexibility index (Phi) is 7.31. The lowest BCUT2D eigenvalue weighted by Crippen LogP contribution is -2.60. The van der Waals surface area contributed by atoms with Crippen molar-refractivity contribution in [3.05, 3.63) is 89.1 Å². The predicted octanol–water partition coefficient (Wildman–Crippen LogP) is 8.20. The van der Waals surface area contributed by atoms with Gasteiger partial charge in [0.05, 0.1) is 11.4 Å². The van der Waals surface area contributed by atoms with E-state index < -0.39 is 11.6 Å². The average Bonchev–Trinajstić information content (AvgIpc) is 3.04. The number of aromatic nitrogens is 2. The van der Waals surface area contributed by atoms with Gasteiger partial charge in [-0.1, -0.05) is 23.7 Å². The number of hydrogen-bond acceptors (Lipinski definition) is 6. The zero-order valence-corrected chi connectivity index (χ0v) is 24.9. The number of fused-ring (bicyclic) bond motifs is 3. The minimum absolute atomic E-state index is 0.0217. The van der Waals surface area contributed by atoms with Crippen LogP contribution in [0, 0.1) is 11.6 Å². The number of piperidine rings is 1. The molecule has 2 aliphatic heterocycles. The molecule has 6 rings (SSSR count). The Hall–Kier alpha value is -3.75. The van der Waals surface area contributed by atoms with Gasteiger partial charge in [-0.15, -0.1) is 0 Å². The minimum Gasteiger partial charge on any atom is -0.490 e. The number of nitrogens with zero attached hydrogens (tertiary/aromatic N) is 3. The van der Waals surface area contributed by atoms with E-state index in [0.29, 0.717) is 40.9 Å². The van der Waals surface area contributed by atoms with Crippen molar-refractivity contribution in [2.24, 2.45) is 0 Å². The van der Waals surface area contributed by atoms with Crippen LogP contribution >= 0.6 is 11.6 Å². The van der Waals surface area contributed by atoms with Crippen molar-refractivity contribution >= 4 is 34.6 Å². The van der Waals surface area contributed by atoms with Gasteiger partial charge in [-0.25, -0.2) is 18.7 Å². The van der Waals surface area contributed by atoms with Crippen molar-refractivity contribution in [2.45, 2.75) is 64.1 Å². The van der Waals surface area contributed by atoms with Crippen LogP contribution < -0.4 is 20.3 Å².